The van der Waals surface area contributed by atoms with E-state index in [1.165, 1.54) is 10.4 Å². The minimum absolute atomic E-state index is 0. The first-order valence-corrected chi connectivity index (χ1v) is 35.4. The van der Waals surface area contributed by atoms with Crippen LogP contribution in [0, 0.1) is 12.1 Å². The Morgan fingerprint density at radius 2 is 0.541 bits per heavy atom. The minimum Gasteiger partial charge on any atom is -1.00 e. The van der Waals surface area contributed by atoms with Crippen LogP contribution in [0.4, 0.5) is 0 Å². The van der Waals surface area contributed by atoms with Gasteiger partial charge in [-0.3, -0.25) is 0 Å². The van der Waals surface area contributed by atoms with Gasteiger partial charge in [0.1, 0.15) is 0 Å². The van der Waals surface area contributed by atoms with Crippen LogP contribution in [0.2, 0.25) is 29.7 Å². The molecule has 7 aromatic rings. The van der Waals surface area contributed by atoms with Crippen LogP contribution < -0.4 is 65.2 Å². The quantitative estimate of drug-likeness (QED) is 0.138. The van der Waals surface area contributed by atoms with Crippen molar-refractivity contribution in [3.63, 3.8) is 0 Å². The molecule has 0 fully saturated rings. The molecule has 0 spiro atoms. The Balaban J connectivity index is -0.0000000613. The SMILES string of the molecule is CCOCC.CCOCC.C[Si](Cl)(Cl)Cl.C[Si](Cl)(Cl)c1ccccc1.C[Si](Cl)(c1ccccc1)c1ccccc1.Clc1ccccc1.Clc1ccccc1.[Cl-].[Cl-].[Cl-].[Cl-].[H-].[H-].[Mg+2].[Mg+2].[Mg+2].[Mg+2].[c-]1ccccc1.[c-]1ccccc1. The molecule has 0 aliphatic rings. The third kappa shape index (κ3) is 67.9. The molecular formula is C53H66Cl12Mg4O2Si3. The zero-order valence-corrected chi connectivity index (χ0v) is 60.9. The third-order valence-corrected chi connectivity index (χ3v) is 14.7. The Bertz CT molecular complexity index is 1870. The van der Waals surface area contributed by atoms with Gasteiger partial charge in [0.05, 0.1) is 0 Å². The van der Waals surface area contributed by atoms with Crippen LogP contribution in [0.15, 0.2) is 212 Å². The molecule has 0 N–H and O–H groups in total. The van der Waals surface area contributed by atoms with Crippen LogP contribution in [0.5, 0.6) is 0 Å². The van der Waals surface area contributed by atoms with E-state index in [1.807, 2.05) is 222 Å². The van der Waals surface area contributed by atoms with Gasteiger partial charge in [-0.25, -0.2) is 0 Å². The molecule has 394 valence electrons. The molecule has 0 aliphatic heterocycles. The number of hydrogen-bond donors (Lipinski definition) is 0. The first kappa shape index (κ1) is 97.8. The van der Waals surface area contributed by atoms with Gasteiger partial charge in [-0.05, 0) is 87.2 Å². The van der Waals surface area contributed by atoms with E-state index in [0.717, 1.165) is 41.7 Å². The molecule has 7 aromatic carbocycles. The maximum Gasteiger partial charge on any atom is 2.00 e. The van der Waals surface area contributed by atoms with Crippen molar-refractivity contribution in [3.05, 3.63) is 235 Å². The molecule has 21 heteroatoms. The second-order valence-corrected chi connectivity index (χ2v) is 37.0. The average molecular weight is 1340 g/mol. The molecule has 0 bridgehead atoms. The van der Waals surface area contributed by atoms with E-state index < -0.39 is 20.1 Å². The normalized spacial score (nSPS) is 8.74. The molecular weight excluding hydrogens is 1280 g/mol. The molecule has 74 heavy (non-hydrogen) atoms. The summed E-state index contributed by atoms with van der Waals surface area (Å²) in [5.74, 6) is 0. The fraction of sp³-hybridized carbons (Fsp3) is 0.208. The molecule has 0 heterocycles. The van der Waals surface area contributed by atoms with E-state index in [9.17, 15) is 0 Å². The molecule has 0 unspecified atom stereocenters. The van der Waals surface area contributed by atoms with Crippen molar-refractivity contribution < 1.29 is 62.0 Å². The number of halogens is 12. The Morgan fingerprint density at radius 3 is 0.649 bits per heavy atom. The zero-order chi connectivity index (χ0) is 49.8. The number of benzene rings is 7. The van der Waals surface area contributed by atoms with E-state index in [-0.39, 0.29) is 145 Å². The molecule has 0 aliphatic carbocycles. The smallest absolute Gasteiger partial charge is 1.00 e. The Kier molecular flexibility index (Phi) is 88.8. The van der Waals surface area contributed by atoms with Gasteiger partial charge in [-0.15, -0.1) is 55.4 Å². The van der Waals surface area contributed by atoms with E-state index in [4.69, 9.17) is 99.1 Å². The molecule has 0 radical (unpaired) electrons. The fourth-order valence-corrected chi connectivity index (χ4v) is 8.87. The van der Waals surface area contributed by atoms with Gasteiger partial charge in [0.25, 0.3) is 6.69 Å². The van der Waals surface area contributed by atoms with Crippen LogP contribution in [0.25, 0.3) is 0 Å². The van der Waals surface area contributed by atoms with Gasteiger partial charge < -0.3 is 62.0 Å². The van der Waals surface area contributed by atoms with E-state index in [2.05, 4.69) is 42.9 Å². The summed E-state index contributed by atoms with van der Waals surface area (Å²) >= 11 is 45.3. The fourth-order valence-electron chi connectivity index (χ4n) is 4.32. The Labute approximate surface area is 580 Å². The van der Waals surface area contributed by atoms with Crippen LogP contribution >= 0.6 is 89.7 Å². The summed E-state index contributed by atoms with van der Waals surface area (Å²) in [6.45, 7) is 14.9. The van der Waals surface area contributed by atoms with Crippen molar-refractivity contribution in [3.8, 4) is 0 Å². The second-order valence-electron chi connectivity index (χ2n) is 13.1. The van der Waals surface area contributed by atoms with Gasteiger partial charge in [0, 0.05) is 36.5 Å². The summed E-state index contributed by atoms with van der Waals surface area (Å²) in [5, 5.41) is 5.18. The number of rotatable bonds is 7. The van der Waals surface area contributed by atoms with Crippen molar-refractivity contribution in [2.24, 2.45) is 0 Å². The summed E-state index contributed by atoms with van der Waals surface area (Å²) in [4.78, 5) is 0. The van der Waals surface area contributed by atoms with Crippen molar-refractivity contribution in [2.45, 2.75) is 47.3 Å². The first-order chi connectivity index (χ1) is 31.4. The number of ether oxygens (including phenoxy) is 2. The summed E-state index contributed by atoms with van der Waals surface area (Å²) in [6.07, 6.45) is 0. The molecule has 2 nitrogen and oxygen atoms in total. The molecule has 0 amide bonds. The molecule has 7 rings (SSSR count). The van der Waals surface area contributed by atoms with Crippen molar-refractivity contribution >= 4 is 218 Å². The predicted molar refractivity (Wildman–Crippen MR) is 331 cm³/mol. The minimum atomic E-state index is -2.19. The standard InChI is InChI=1S/C13H13ClSi.C7H8Cl2Si.2C6H5Cl.2C6H5.2C4H10O.CH3Cl3Si.4ClH.4Mg.2H/c1-15(14,12-8-4-2-5-9-12)13-10-6-3-7-11-13;1-10(8,9)7-5-3-2-4-6-7;2*7-6-4-2-1-3-5-6;2*1-2-4-6-5-3-1;2*1-3-5-4-2;1-5(2,3)4;;;;;;;;;;/h2-11H,1H3;2-6H,1H3;2*1-5H;2*1-5H;2*3-4H2,1-2H3;1H3;4*1H;;;;;;/q;;;;2*-1;;;;;;;;4*+2;2*-1/p-4. The van der Waals surface area contributed by atoms with E-state index >= 15 is 0 Å². The second kappa shape index (κ2) is 67.2. The third-order valence-electron chi connectivity index (χ3n) is 7.41. The maximum atomic E-state index is 6.73. The Hall–Kier alpha value is 1.66. The van der Waals surface area contributed by atoms with Crippen LogP contribution in [0.1, 0.15) is 30.5 Å². The van der Waals surface area contributed by atoms with Gasteiger partial charge in [-0.1, -0.05) is 151 Å². The van der Waals surface area contributed by atoms with Gasteiger partial charge in [0.15, 0.2) is 0 Å². The van der Waals surface area contributed by atoms with Gasteiger partial charge in [0.2, 0.25) is 7.38 Å². The van der Waals surface area contributed by atoms with Crippen molar-refractivity contribution in [1.29, 1.82) is 0 Å². The van der Waals surface area contributed by atoms with Crippen molar-refractivity contribution in [2.75, 3.05) is 26.4 Å². The predicted octanol–water partition coefficient (Wildman–Crippen LogP) is 3.79. The van der Waals surface area contributed by atoms with E-state index in [1.54, 1.807) is 6.55 Å². The summed E-state index contributed by atoms with van der Waals surface area (Å²) in [6, 6.07) is 72.2. The largest absolute Gasteiger partial charge is 2.00 e. The molecule has 0 saturated carbocycles. The monoisotopic (exact) mass is 1330 g/mol. The average Bonchev–Trinajstić information content (AvgIpc) is 3.33. The van der Waals surface area contributed by atoms with Gasteiger partial charge in [-0.2, -0.15) is 83.9 Å². The number of hydrogen-bond acceptors (Lipinski definition) is 2. The molecule has 0 aromatic heterocycles. The van der Waals surface area contributed by atoms with Crippen molar-refractivity contribution in [1.82, 2.24) is 0 Å². The van der Waals surface area contributed by atoms with Crippen LogP contribution in [-0.4, -0.2) is 139 Å². The summed E-state index contributed by atoms with van der Waals surface area (Å²) < 4.78 is 9.67. The summed E-state index contributed by atoms with van der Waals surface area (Å²) in [7, 11) is -1.98. The Morgan fingerprint density at radius 1 is 0.351 bits per heavy atom. The molecule has 0 saturated heterocycles. The van der Waals surface area contributed by atoms with Crippen LogP contribution in [-0.2, 0) is 9.47 Å². The van der Waals surface area contributed by atoms with Crippen LogP contribution in [0.3, 0.4) is 0 Å². The van der Waals surface area contributed by atoms with E-state index in [0.29, 0.717) is 0 Å². The maximum absolute atomic E-state index is 6.73. The summed E-state index contributed by atoms with van der Waals surface area (Å²) in [5.41, 5.74) is 0. The first-order valence-electron chi connectivity index (χ1n) is 21.1. The topological polar surface area (TPSA) is 18.5 Å². The molecule has 0 atom stereocenters. The zero-order valence-electron chi connectivity index (χ0n) is 45.2. The van der Waals surface area contributed by atoms with Gasteiger partial charge >= 0.3 is 98.2 Å².